The number of benzene rings is 2. The van der Waals surface area contributed by atoms with Crippen molar-refractivity contribution in [3.63, 3.8) is 0 Å². The van der Waals surface area contributed by atoms with Crippen molar-refractivity contribution < 1.29 is 9.90 Å². The normalized spacial score (nSPS) is 12.3. The van der Waals surface area contributed by atoms with Crippen LogP contribution < -0.4 is 5.32 Å². The smallest absolute Gasteiger partial charge is 0.252 e. The monoisotopic (exact) mass is 406 g/mol. The van der Waals surface area contributed by atoms with Crippen molar-refractivity contribution in [3.8, 4) is 0 Å². The summed E-state index contributed by atoms with van der Waals surface area (Å²) in [5, 5.41) is 14.6. The molecule has 0 fully saturated rings. The van der Waals surface area contributed by atoms with Crippen molar-refractivity contribution in [1.29, 1.82) is 0 Å². The summed E-state index contributed by atoms with van der Waals surface area (Å²) in [6.07, 6.45) is 1.08. The van der Waals surface area contributed by atoms with Crippen LogP contribution in [0, 0.1) is 0 Å². The zero-order chi connectivity index (χ0) is 17.3. The number of rotatable bonds is 4. The molecule has 0 aliphatic rings. The number of amides is 1. The fourth-order valence-electron chi connectivity index (χ4n) is 2.70. The van der Waals surface area contributed by atoms with Gasteiger partial charge in [0.15, 0.2) is 0 Å². The topological polar surface area (TPSA) is 54.3 Å². The minimum Gasteiger partial charge on any atom is -0.386 e. The lowest BCUT2D eigenvalue weighted by molar-refractivity contribution is 0.0917. The van der Waals surface area contributed by atoms with Gasteiger partial charge in [0.05, 0.1) is 16.7 Å². The number of aryl methyl sites for hydroxylation is 1. The number of halogens is 2. The van der Waals surface area contributed by atoms with Gasteiger partial charge in [0.25, 0.3) is 5.91 Å². The molecule has 3 aromatic rings. The lowest BCUT2D eigenvalue weighted by Crippen LogP contribution is -2.28. The maximum atomic E-state index is 12.3. The zero-order valence-electron chi connectivity index (χ0n) is 13.0. The Bertz CT molecular complexity index is 907. The van der Waals surface area contributed by atoms with Crippen LogP contribution in [-0.4, -0.2) is 22.1 Å². The van der Waals surface area contributed by atoms with E-state index in [1.165, 1.54) is 0 Å². The Balaban J connectivity index is 1.76. The number of hydrogen-bond donors (Lipinski definition) is 2. The number of carbonyl (C=O) groups excluding carboxylic acids is 1. The molecule has 0 aliphatic heterocycles. The van der Waals surface area contributed by atoms with Gasteiger partial charge in [-0.2, -0.15) is 0 Å². The van der Waals surface area contributed by atoms with E-state index in [2.05, 4.69) is 21.2 Å². The molecule has 0 radical (unpaired) electrons. The van der Waals surface area contributed by atoms with E-state index in [1.54, 1.807) is 18.2 Å². The number of nitrogens with one attached hydrogen (secondary N) is 1. The molecule has 1 unspecified atom stereocenters. The maximum absolute atomic E-state index is 12.3. The van der Waals surface area contributed by atoms with Crippen LogP contribution in [0.4, 0.5) is 0 Å². The molecule has 0 aliphatic carbocycles. The van der Waals surface area contributed by atoms with E-state index in [1.807, 2.05) is 42.1 Å². The number of fused-ring (bicyclic) bond motifs is 1. The Labute approximate surface area is 153 Å². The molecule has 24 heavy (non-hydrogen) atoms. The Morgan fingerprint density at radius 2 is 2.08 bits per heavy atom. The molecule has 0 saturated heterocycles. The highest BCUT2D eigenvalue weighted by molar-refractivity contribution is 9.10. The first kappa shape index (κ1) is 17.0. The molecule has 2 aromatic carbocycles. The van der Waals surface area contributed by atoms with Crippen LogP contribution in [0.1, 0.15) is 22.0 Å². The summed E-state index contributed by atoms with van der Waals surface area (Å²) in [4.78, 5) is 12.3. The third-order valence-electron chi connectivity index (χ3n) is 3.92. The number of aromatic nitrogens is 1. The second-order valence-corrected chi connectivity index (χ2v) is 6.89. The van der Waals surface area contributed by atoms with E-state index in [0.717, 1.165) is 20.9 Å². The highest BCUT2D eigenvalue weighted by Gasteiger charge is 2.17. The fraction of sp³-hybridized carbons (Fsp3) is 0.167. The maximum Gasteiger partial charge on any atom is 0.252 e. The molecule has 2 N–H and O–H groups in total. The van der Waals surface area contributed by atoms with Gasteiger partial charge in [0.2, 0.25) is 0 Å². The van der Waals surface area contributed by atoms with Gasteiger partial charge in [-0.15, -0.1) is 0 Å². The summed E-state index contributed by atoms with van der Waals surface area (Å²) < 4.78 is 2.73. The molecule has 124 valence electrons. The minimum absolute atomic E-state index is 0.107. The van der Waals surface area contributed by atoms with Crippen LogP contribution in [0.3, 0.4) is 0 Å². The first-order valence-corrected chi connectivity index (χ1v) is 8.59. The van der Waals surface area contributed by atoms with Crippen molar-refractivity contribution in [1.82, 2.24) is 9.88 Å². The Hall–Kier alpha value is -1.82. The third-order valence-corrected chi connectivity index (χ3v) is 4.74. The van der Waals surface area contributed by atoms with Crippen molar-refractivity contribution in [2.75, 3.05) is 6.54 Å². The third kappa shape index (κ3) is 3.34. The van der Waals surface area contributed by atoms with E-state index in [-0.39, 0.29) is 12.5 Å². The number of aliphatic hydroxyl groups is 1. The SMILES string of the molecule is Cn1cc(C(O)CNC(=O)c2cc(Br)ccc2Cl)c2ccccc21. The molecule has 6 heteroatoms. The second-order valence-electron chi connectivity index (χ2n) is 5.56. The van der Waals surface area contributed by atoms with Crippen LogP contribution in [0.2, 0.25) is 5.02 Å². The van der Waals surface area contributed by atoms with E-state index in [0.29, 0.717) is 10.6 Å². The van der Waals surface area contributed by atoms with Crippen LogP contribution in [-0.2, 0) is 7.05 Å². The van der Waals surface area contributed by atoms with Crippen molar-refractivity contribution in [2.24, 2.45) is 7.05 Å². The average molecular weight is 408 g/mol. The predicted molar refractivity (Wildman–Crippen MR) is 99.4 cm³/mol. The Morgan fingerprint density at radius 3 is 2.88 bits per heavy atom. The van der Waals surface area contributed by atoms with Crippen molar-refractivity contribution in [3.05, 3.63) is 69.3 Å². The molecule has 0 bridgehead atoms. The highest BCUT2D eigenvalue weighted by atomic mass is 79.9. The van der Waals surface area contributed by atoms with Gasteiger partial charge in [-0.05, 0) is 24.3 Å². The highest BCUT2D eigenvalue weighted by Crippen LogP contribution is 2.26. The molecular weight excluding hydrogens is 392 g/mol. The standard InChI is InChI=1S/C18H16BrClN2O2/c1-22-10-14(12-4-2-3-5-16(12)22)17(23)9-21-18(24)13-8-11(19)6-7-15(13)20/h2-8,10,17,23H,9H2,1H3,(H,21,24). The lowest BCUT2D eigenvalue weighted by atomic mass is 10.1. The first-order chi connectivity index (χ1) is 11.5. The largest absolute Gasteiger partial charge is 0.386 e. The number of hydrogen-bond acceptors (Lipinski definition) is 2. The van der Waals surface area contributed by atoms with Gasteiger partial charge in [0, 0.05) is 40.7 Å². The number of para-hydroxylation sites is 1. The summed E-state index contributed by atoms with van der Waals surface area (Å²) in [6.45, 7) is 0.107. The molecule has 4 nitrogen and oxygen atoms in total. The summed E-state index contributed by atoms with van der Waals surface area (Å²) in [6, 6.07) is 12.9. The molecule has 1 heterocycles. The van der Waals surface area contributed by atoms with Crippen LogP contribution in [0.5, 0.6) is 0 Å². The molecular formula is C18H16BrClN2O2. The number of carbonyl (C=O) groups is 1. The molecule has 0 spiro atoms. The molecule has 0 saturated carbocycles. The fourth-order valence-corrected chi connectivity index (χ4v) is 3.27. The number of nitrogens with zero attached hydrogens (tertiary/aromatic N) is 1. The average Bonchev–Trinajstić information content (AvgIpc) is 2.92. The second kappa shape index (κ2) is 6.97. The van der Waals surface area contributed by atoms with Gasteiger partial charge in [-0.25, -0.2) is 0 Å². The van der Waals surface area contributed by atoms with Gasteiger partial charge >= 0.3 is 0 Å². The van der Waals surface area contributed by atoms with E-state index >= 15 is 0 Å². The Morgan fingerprint density at radius 1 is 1.33 bits per heavy atom. The van der Waals surface area contributed by atoms with Gasteiger partial charge in [-0.1, -0.05) is 45.7 Å². The van der Waals surface area contributed by atoms with Crippen molar-refractivity contribution >= 4 is 44.3 Å². The molecule has 1 aromatic heterocycles. The number of aliphatic hydroxyl groups excluding tert-OH is 1. The summed E-state index contributed by atoms with van der Waals surface area (Å²) in [5.41, 5.74) is 2.19. The van der Waals surface area contributed by atoms with Gasteiger partial charge in [-0.3, -0.25) is 4.79 Å². The zero-order valence-corrected chi connectivity index (χ0v) is 15.3. The van der Waals surface area contributed by atoms with Crippen LogP contribution in [0.25, 0.3) is 10.9 Å². The van der Waals surface area contributed by atoms with Crippen molar-refractivity contribution in [2.45, 2.75) is 6.10 Å². The minimum atomic E-state index is -0.800. The van der Waals surface area contributed by atoms with E-state index < -0.39 is 6.10 Å². The molecule has 3 rings (SSSR count). The quantitative estimate of drug-likeness (QED) is 0.685. The molecule has 1 amide bonds. The predicted octanol–water partition coefficient (Wildman–Crippen LogP) is 4.06. The first-order valence-electron chi connectivity index (χ1n) is 7.42. The van der Waals surface area contributed by atoms with Gasteiger partial charge in [0.1, 0.15) is 0 Å². The van der Waals surface area contributed by atoms with E-state index in [9.17, 15) is 9.90 Å². The van der Waals surface area contributed by atoms with Crippen LogP contribution in [0.15, 0.2) is 53.1 Å². The summed E-state index contributed by atoms with van der Waals surface area (Å²) in [7, 11) is 1.93. The Kier molecular flexibility index (Phi) is 4.94. The van der Waals surface area contributed by atoms with Crippen LogP contribution >= 0.6 is 27.5 Å². The summed E-state index contributed by atoms with van der Waals surface area (Å²) in [5.74, 6) is -0.319. The molecule has 1 atom stereocenters. The van der Waals surface area contributed by atoms with E-state index in [4.69, 9.17) is 11.6 Å². The lowest BCUT2D eigenvalue weighted by Gasteiger charge is -2.12. The van der Waals surface area contributed by atoms with Gasteiger partial charge < -0.3 is 15.0 Å². The summed E-state index contributed by atoms with van der Waals surface area (Å²) >= 11 is 9.38.